The Hall–Kier alpha value is -3.28. The SMILES string of the molecule is O=C(O)c1ccc2nc3n(c(=O)c2c1)CCC3=Cc1ccc(F)cc1. The summed E-state index contributed by atoms with van der Waals surface area (Å²) in [5.74, 6) is -0.808. The van der Waals surface area contributed by atoms with Crippen LogP contribution in [0.3, 0.4) is 0 Å². The minimum absolute atomic E-state index is 0.0621. The van der Waals surface area contributed by atoms with E-state index in [4.69, 9.17) is 5.11 Å². The van der Waals surface area contributed by atoms with Crippen molar-refractivity contribution in [3.05, 3.63) is 75.6 Å². The number of allylic oxidation sites excluding steroid dienone is 1. The highest BCUT2D eigenvalue weighted by molar-refractivity contribution is 5.93. The Morgan fingerprint density at radius 1 is 1.20 bits per heavy atom. The maximum atomic E-state index is 13.0. The Morgan fingerprint density at radius 2 is 1.96 bits per heavy atom. The number of aromatic nitrogens is 2. The van der Waals surface area contributed by atoms with E-state index < -0.39 is 5.97 Å². The maximum absolute atomic E-state index is 13.0. The number of carboxylic acid groups (broad SMARTS) is 1. The van der Waals surface area contributed by atoms with Crippen molar-refractivity contribution in [3.63, 3.8) is 0 Å². The van der Waals surface area contributed by atoms with Gasteiger partial charge in [0.2, 0.25) is 0 Å². The molecular weight excluding hydrogens is 323 g/mol. The molecule has 25 heavy (non-hydrogen) atoms. The number of hydrogen-bond acceptors (Lipinski definition) is 3. The third-order valence-electron chi connectivity index (χ3n) is 4.30. The number of halogens is 1. The number of carbonyl (C=O) groups is 1. The fraction of sp³-hybridized carbons (Fsp3) is 0.105. The predicted octanol–water partition coefficient (Wildman–Crippen LogP) is 3.18. The molecule has 2 aromatic carbocycles. The van der Waals surface area contributed by atoms with Crippen LogP contribution in [0.5, 0.6) is 0 Å². The van der Waals surface area contributed by atoms with Crippen molar-refractivity contribution in [1.29, 1.82) is 0 Å². The lowest BCUT2D eigenvalue weighted by atomic mass is 10.1. The molecule has 0 amide bonds. The van der Waals surface area contributed by atoms with E-state index >= 15 is 0 Å². The van der Waals surface area contributed by atoms with Gasteiger partial charge in [0, 0.05) is 6.54 Å². The number of benzene rings is 2. The fourth-order valence-corrected chi connectivity index (χ4v) is 3.05. The monoisotopic (exact) mass is 336 g/mol. The zero-order chi connectivity index (χ0) is 17.6. The van der Waals surface area contributed by atoms with Crippen molar-refractivity contribution < 1.29 is 14.3 Å². The van der Waals surface area contributed by atoms with Gasteiger partial charge in [0.15, 0.2) is 0 Å². The molecule has 4 rings (SSSR count). The van der Waals surface area contributed by atoms with Crippen LogP contribution in [0.15, 0.2) is 47.3 Å². The molecule has 5 nitrogen and oxygen atoms in total. The van der Waals surface area contributed by atoms with Gasteiger partial charge in [0.25, 0.3) is 5.56 Å². The first-order chi connectivity index (χ1) is 12.0. The van der Waals surface area contributed by atoms with Crippen molar-refractivity contribution in [2.75, 3.05) is 0 Å². The second-order valence-electron chi connectivity index (χ2n) is 5.90. The van der Waals surface area contributed by atoms with Crippen LogP contribution in [-0.2, 0) is 6.54 Å². The smallest absolute Gasteiger partial charge is 0.335 e. The lowest BCUT2D eigenvalue weighted by Crippen LogP contribution is -2.21. The van der Waals surface area contributed by atoms with E-state index in [1.807, 2.05) is 6.08 Å². The quantitative estimate of drug-likeness (QED) is 0.780. The molecule has 0 atom stereocenters. The summed E-state index contributed by atoms with van der Waals surface area (Å²) in [4.78, 5) is 28.3. The van der Waals surface area contributed by atoms with Gasteiger partial charge in [-0.2, -0.15) is 0 Å². The molecule has 124 valence electrons. The molecule has 0 fully saturated rings. The molecular formula is C19H13FN2O3. The Morgan fingerprint density at radius 3 is 2.68 bits per heavy atom. The number of hydrogen-bond donors (Lipinski definition) is 1. The highest BCUT2D eigenvalue weighted by Crippen LogP contribution is 2.27. The molecule has 0 saturated carbocycles. The van der Waals surface area contributed by atoms with E-state index in [0.717, 1.165) is 11.1 Å². The zero-order valence-corrected chi connectivity index (χ0v) is 13.1. The van der Waals surface area contributed by atoms with Gasteiger partial charge in [-0.3, -0.25) is 9.36 Å². The van der Waals surface area contributed by atoms with E-state index in [1.165, 1.54) is 24.3 Å². The van der Waals surface area contributed by atoms with Crippen LogP contribution in [0.4, 0.5) is 4.39 Å². The van der Waals surface area contributed by atoms with Gasteiger partial charge in [0.05, 0.1) is 16.5 Å². The fourth-order valence-electron chi connectivity index (χ4n) is 3.05. The average molecular weight is 336 g/mol. The molecule has 0 spiro atoms. The van der Waals surface area contributed by atoms with Gasteiger partial charge in [0.1, 0.15) is 11.6 Å². The van der Waals surface area contributed by atoms with E-state index in [0.29, 0.717) is 29.7 Å². The van der Waals surface area contributed by atoms with Crippen molar-refractivity contribution >= 4 is 28.5 Å². The van der Waals surface area contributed by atoms with E-state index in [9.17, 15) is 14.0 Å². The molecule has 1 aromatic heterocycles. The lowest BCUT2D eigenvalue weighted by molar-refractivity contribution is 0.0697. The standard InChI is InChI=1S/C19H13FN2O3/c20-14-4-1-11(2-5-14)9-12-7-8-22-17(12)21-16-6-3-13(19(24)25)10-15(16)18(22)23/h1-6,9-10H,7-8H2,(H,24,25). The van der Waals surface area contributed by atoms with Gasteiger partial charge in [-0.15, -0.1) is 0 Å². The average Bonchev–Trinajstić information content (AvgIpc) is 3.00. The van der Waals surface area contributed by atoms with Gasteiger partial charge < -0.3 is 5.11 Å². The second kappa shape index (κ2) is 5.66. The third kappa shape index (κ3) is 2.61. The molecule has 0 aliphatic carbocycles. The molecule has 1 aliphatic rings. The largest absolute Gasteiger partial charge is 0.478 e. The first kappa shape index (κ1) is 15.3. The number of aromatic carboxylic acids is 1. The number of nitrogens with zero attached hydrogens (tertiary/aromatic N) is 2. The van der Waals surface area contributed by atoms with Gasteiger partial charge in [-0.1, -0.05) is 12.1 Å². The van der Waals surface area contributed by atoms with E-state index in [1.54, 1.807) is 22.8 Å². The first-order valence-corrected chi connectivity index (χ1v) is 7.77. The van der Waals surface area contributed by atoms with Gasteiger partial charge in [-0.05, 0) is 54.0 Å². The minimum Gasteiger partial charge on any atom is -0.478 e. The van der Waals surface area contributed by atoms with Crippen molar-refractivity contribution in [1.82, 2.24) is 9.55 Å². The number of fused-ring (bicyclic) bond motifs is 2. The zero-order valence-electron chi connectivity index (χ0n) is 13.1. The maximum Gasteiger partial charge on any atom is 0.335 e. The van der Waals surface area contributed by atoms with E-state index in [-0.39, 0.29) is 16.9 Å². The molecule has 0 bridgehead atoms. The third-order valence-corrected chi connectivity index (χ3v) is 4.30. The van der Waals surface area contributed by atoms with Crippen molar-refractivity contribution in [3.8, 4) is 0 Å². The normalized spacial score (nSPS) is 14.8. The second-order valence-corrected chi connectivity index (χ2v) is 5.90. The molecule has 0 saturated heterocycles. The summed E-state index contributed by atoms with van der Waals surface area (Å²) >= 11 is 0. The summed E-state index contributed by atoms with van der Waals surface area (Å²) in [6, 6.07) is 10.5. The van der Waals surface area contributed by atoms with Crippen LogP contribution in [-0.4, -0.2) is 20.6 Å². The molecule has 6 heteroatoms. The lowest BCUT2D eigenvalue weighted by Gasteiger charge is -2.06. The van der Waals surface area contributed by atoms with Crippen LogP contribution < -0.4 is 5.56 Å². The predicted molar refractivity (Wildman–Crippen MR) is 91.9 cm³/mol. The van der Waals surface area contributed by atoms with Crippen molar-refractivity contribution in [2.24, 2.45) is 0 Å². The molecule has 1 aliphatic heterocycles. The highest BCUT2D eigenvalue weighted by atomic mass is 19.1. The number of carboxylic acids is 1. The topological polar surface area (TPSA) is 72.2 Å². The Labute approximate surface area is 141 Å². The number of rotatable bonds is 2. The summed E-state index contributed by atoms with van der Waals surface area (Å²) in [7, 11) is 0. The van der Waals surface area contributed by atoms with Crippen molar-refractivity contribution in [2.45, 2.75) is 13.0 Å². The highest BCUT2D eigenvalue weighted by Gasteiger charge is 2.21. The summed E-state index contributed by atoms with van der Waals surface area (Å²) in [6.45, 7) is 0.488. The van der Waals surface area contributed by atoms with Gasteiger partial charge in [-0.25, -0.2) is 14.2 Å². The Bertz CT molecular complexity index is 1100. The van der Waals surface area contributed by atoms with Crippen LogP contribution in [0.25, 0.3) is 22.6 Å². The summed E-state index contributed by atoms with van der Waals surface area (Å²) < 4.78 is 14.6. The Kier molecular flexibility index (Phi) is 3.46. The van der Waals surface area contributed by atoms with E-state index in [2.05, 4.69) is 4.98 Å². The van der Waals surface area contributed by atoms with Crippen LogP contribution in [0.1, 0.15) is 28.2 Å². The molecule has 0 radical (unpaired) electrons. The first-order valence-electron chi connectivity index (χ1n) is 7.77. The molecule has 3 aromatic rings. The summed E-state index contributed by atoms with van der Waals surface area (Å²) in [5, 5.41) is 9.39. The summed E-state index contributed by atoms with van der Waals surface area (Å²) in [6.07, 6.45) is 2.53. The van der Waals surface area contributed by atoms with Crippen LogP contribution >= 0.6 is 0 Å². The molecule has 0 unspecified atom stereocenters. The minimum atomic E-state index is -1.08. The van der Waals surface area contributed by atoms with Crippen LogP contribution in [0, 0.1) is 5.82 Å². The molecule has 2 heterocycles. The molecule has 1 N–H and O–H groups in total. The van der Waals surface area contributed by atoms with Gasteiger partial charge >= 0.3 is 5.97 Å². The Balaban J connectivity index is 1.87. The summed E-state index contributed by atoms with van der Waals surface area (Å²) in [5.41, 5.74) is 2.01. The van der Waals surface area contributed by atoms with Crippen LogP contribution in [0.2, 0.25) is 0 Å².